The molecule has 22 heavy (non-hydrogen) atoms. The lowest BCUT2D eigenvalue weighted by atomic mass is 10.1. The van der Waals surface area contributed by atoms with E-state index in [2.05, 4.69) is 20.8 Å². The number of benzene rings is 2. The van der Waals surface area contributed by atoms with Crippen molar-refractivity contribution < 1.29 is 4.79 Å². The summed E-state index contributed by atoms with van der Waals surface area (Å²) >= 11 is 5.81. The summed E-state index contributed by atoms with van der Waals surface area (Å²) in [5, 5.41) is 14.7. The van der Waals surface area contributed by atoms with Crippen LogP contribution in [0.5, 0.6) is 0 Å². The van der Waals surface area contributed by atoms with E-state index >= 15 is 0 Å². The smallest absolute Gasteiger partial charge is 0.255 e. The summed E-state index contributed by atoms with van der Waals surface area (Å²) in [6.07, 6.45) is 0. The van der Waals surface area contributed by atoms with Gasteiger partial charge in [0.1, 0.15) is 0 Å². The summed E-state index contributed by atoms with van der Waals surface area (Å²) in [7, 11) is 1.76. The van der Waals surface area contributed by atoms with Gasteiger partial charge in [-0.1, -0.05) is 23.7 Å². The Kier molecular flexibility index (Phi) is 3.84. The van der Waals surface area contributed by atoms with E-state index in [9.17, 15) is 4.79 Å². The quantitative estimate of drug-likeness (QED) is 0.807. The Hall–Kier alpha value is -2.73. The fraction of sp³-hybridized carbons (Fsp3) is 0.0667. The van der Waals surface area contributed by atoms with Crippen molar-refractivity contribution in [1.82, 2.24) is 20.2 Å². The number of nitrogens with zero attached hydrogens (tertiary/aromatic N) is 4. The van der Waals surface area contributed by atoms with E-state index < -0.39 is 0 Å². The third-order valence-corrected chi connectivity index (χ3v) is 3.38. The third-order valence-electron chi connectivity index (χ3n) is 3.13. The lowest BCUT2D eigenvalue weighted by Crippen LogP contribution is -2.11. The maximum absolute atomic E-state index is 12.2. The minimum atomic E-state index is -0.190. The Morgan fingerprint density at radius 2 is 1.77 bits per heavy atom. The molecular formula is C15H12ClN5O. The Balaban J connectivity index is 1.76. The van der Waals surface area contributed by atoms with E-state index in [0.717, 1.165) is 5.56 Å². The molecule has 110 valence electrons. The van der Waals surface area contributed by atoms with Crippen LogP contribution in [-0.2, 0) is 7.05 Å². The summed E-state index contributed by atoms with van der Waals surface area (Å²) in [4.78, 5) is 12.2. The molecule has 6 nitrogen and oxygen atoms in total. The van der Waals surface area contributed by atoms with E-state index in [1.54, 1.807) is 48.1 Å². The first kappa shape index (κ1) is 14.2. The van der Waals surface area contributed by atoms with E-state index in [0.29, 0.717) is 22.1 Å². The van der Waals surface area contributed by atoms with Crippen LogP contribution in [0, 0.1) is 0 Å². The predicted octanol–water partition coefficient (Wildman–Crippen LogP) is 2.78. The molecule has 7 heteroatoms. The van der Waals surface area contributed by atoms with Crippen molar-refractivity contribution in [2.45, 2.75) is 0 Å². The molecule has 0 saturated heterocycles. The number of aromatic nitrogens is 4. The second-order valence-electron chi connectivity index (χ2n) is 4.66. The van der Waals surface area contributed by atoms with E-state index in [4.69, 9.17) is 11.6 Å². The van der Waals surface area contributed by atoms with Crippen molar-refractivity contribution in [3.8, 4) is 11.4 Å². The van der Waals surface area contributed by atoms with Gasteiger partial charge in [0.05, 0.1) is 0 Å². The zero-order chi connectivity index (χ0) is 15.5. The molecule has 2 aromatic carbocycles. The van der Waals surface area contributed by atoms with Gasteiger partial charge >= 0.3 is 0 Å². The molecule has 1 aromatic heterocycles. The van der Waals surface area contributed by atoms with E-state index in [1.165, 1.54) is 0 Å². The molecule has 1 heterocycles. The maximum atomic E-state index is 12.2. The van der Waals surface area contributed by atoms with Gasteiger partial charge in [-0.15, -0.1) is 5.10 Å². The Bertz CT molecular complexity index is 796. The number of halogens is 1. The number of carbonyl (C=O) groups excluding carboxylic acids is 1. The van der Waals surface area contributed by atoms with Crippen LogP contribution in [0.1, 0.15) is 10.4 Å². The number of rotatable bonds is 3. The lowest BCUT2D eigenvalue weighted by Gasteiger charge is -2.06. The molecule has 0 unspecified atom stereocenters. The summed E-state index contributed by atoms with van der Waals surface area (Å²) in [6, 6.07) is 14.0. The van der Waals surface area contributed by atoms with E-state index in [-0.39, 0.29) is 5.91 Å². The zero-order valence-corrected chi connectivity index (χ0v) is 12.4. The lowest BCUT2D eigenvalue weighted by molar-refractivity contribution is 0.102. The van der Waals surface area contributed by atoms with Crippen molar-refractivity contribution >= 4 is 23.2 Å². The van der Waals surface area contributed by atoms with Crippen LogP contribution >= 0.6 is 11.6 Å². The van der Waals surface area contributed by atoms with Crippen LogP contribution in [0.3, 0.4) is 0 Å². The molecule has 0 aliphatic heterocycles. The van der Waals surface area contributed by atoms with Crippen LogP contribution in [0.4, 0.5) is 5.69 Å². The molecule has 0 spiro atoms. The predicted molar refractivity (Wildman–Crippen MR) is 83.6 cm³/mol. The van der Waals surface area contributed by atoms with Gasteiger partial charge in [0.15, 0.2) is 5.82 Å². The van der Waals surface area contributed by atoms with Gasteiger partial charge in [-0.3, -0.25) is 4.79 Å². The number of hydrogen-bond acceptors (Lipinski definition) is 4. The second kappa shape index (κ2) is 5.95. The fourth-order valence-electron chi connectivity index (χ4n) is 1.98. The largest absolute Gasteiger partial charge is 0.322 e. The minimum absolute atomic E-state index is 0.190. The maximum Gasteiger partial charge on any atom is 0.255 e. The third kappa shape index (κ3) is 2.96. The number of anilines is 1. The van der Waals surface area contributed by atoms with Crippen molar-refractivity contribution in [3.05, 3.63) is 59.1 Å². The highest BCUT2D eigenvalue weighted by Crippen LogP contribution is 2.17. The molecule has 0 atom stereocenters. The standard InChI is InChI=1S/C15H12ClN5O/c1-21-14(18-19-20-21)10-2-4-11(5-3-10)15(22)17-13-8-6-12(16)7-9-13/h2-9H,1H3,(H,17,22). The van der Waals surface area contributed by atoms with Gasteiger partial charge in [-0.2, -0.15) is 0 Å². The summed E-state index contributed by atoms with van der Waals surface area (Å²) in [5.74, 6) is 0.453. The minimum Gasteiger partial charge on any atom is -0.322 e. The molecule has 0 saturated carbocycles. The van der Waals surface area contributed by atoms with Gasteiger partial charge < -0.3 is 5.32 Å². The summed E-state index contributed by atoms with van der Waals surface area (Å²) in [5.41, 5.74) is 2.08. The van der Waals surface area contributed by atoms with Gasteiger partial charge in [-0.05, 0) is 46.8 Å². The average Bonchev–Trinajstić information content (AvgIpc) is 2.96. The van der Waals surface area contributed by atoms with Crippen molar-refractivity contribution in [2.75, 3.05) is 5.32 Å². The number of aryl methyl sites for hydroxylation is 1. The highest BCUT2D eigenvalue weighted by atomic mass is 35.5. The SMILES string of the molecule is Cn1nnnc1-c1ccc(C(=O)Nc2ccc(Cl)cc2)cc1. The van der Waals surface area contributed by atoms with Crippen LogP contribution in [0.25, 0.3) is 11.4 Å². The number of hydrogen-bond donors (Lipinski definition) is 1. The zero-order valence-electron chi connectivity index (χ0n) is 11.7. The Morgan fingerprint density at radius 3 is 2.36 bits per heavy atom. The molecule has 0 radical (unpaired) electrons. The van der Waals surface area contributed by atoms with Gasteiger partial charge in [0.2, 0.25) is 0 Å². The molecule has 0 aliphatic rings. The van der Waals surface area contributed by atoms with Crippen LogP contribution < -0.4 is 5.32 Å². The first-order valence-corrected chi connectivity index (χ1v) is 6.91. The van der Waals surface area contributed by atoms with Gasteiger partial charge in [0.25, 0.3) is 5.91 Å². The summed E-state index contributed by atoms with van der Waals surface area (Å²) < 4.78 is 1.57. The number of amides is 1. The highest BCUT2D eigenvalue weighted by Gasteiger charge is 2.09. The molecule has 3 aromatic rings. The van der Waals surface area contributed by atoms with Gasteiger partial charge in [0, 0.05) is 28.9 Å². The van der Waals surface area contributed by atoms with Crippen LogP contribution in [0.15, 0.2) is 48.5 Å². The van der Waals surface area contributed by atoms with Gasteiger partial charge in [-0.25, -0.2) is 4.68 Å². The molecule has 0 bridgehead atoms. The monoisotopic (exact) mass is 313 g/mol. The van der Waals surface area contributed by atoms with Crippen LogP contribution in [-0.4, -0.2) is 26.1 Å². The molecule has 0 aliphatic carbocycles. The second-order valence-corrected chi connectivity index (χ2v) is 5.10. The molecule has 1 amide bonds. The van der Waals surface area contributed by atoms with Crippen molar-refractivity contribution in [2.24, 2.45) is 7.05 Å². The number of tetrazole rings is 1. The molecule has 0 fully saturated rings. The molecular weight excluding hydrogens is 302 g/mol. The first-order chi connectivity index (χ1) is 10.6. The Morgan fingerprint density at radius 1 is 1.09 bits per heavy atom. The normalized spacial score (nSPS) is 10.5. The molecule has 1 N–H and O–H groups in total. The van der Waals surface area contributed by atoms with Crippen molar-refractivity contribution in [3.63, 3.8) is 0 Å². The summed E-state index contributed by atoms with van der Waals surface area (Å²) in [6.45, 7) is 0. The number of carbonyl (C=O) groups is 1. The van der Waals surface area contributed by atoms with Crippen LogP contribution in [0.2, 0.25) is 5.02 Å². The Labute approximate surface area is 131 Å². The topological polar surface area (TPSA) is 72.7 Å². The number of nitrogens with one attached hydrogen (secondary N) is 1. The van der Waals surface area contributed by atoms with E-state index in [1.807, 2.05) is 12.1 Å². The fourth-order valence-corrected chi connectivity index (χ4v) is 2.11. The average molecular weight is 314 g/mol. The first-order valence-electron chi connectivity index (χ1n) is 6.53. The van der Waals surface area contributed by atoms with Crippen molar-refractivity contribution in [1.29, 1.82) is 0 Å². The molecule has 3 rings (SSSR count). The highest BCUT2D eigenvalue weighted by molar-refractivity contribution is 6.30.